The molecule has 4 heterocycles. The number of nitrogen functional groups attached to an aromatic ring is 1. The molecule has 19 heteroatoms. The summed E-state index contributed by atoms with van der Waals surface area (Å²) in [5.41, 5.74) is 5.72. The standard InChI is InChI=1S/C40H52ClF3N8O7/c1-47(2)21-22-58-37(55)36(54)50-19-17-48(18-20-50)28-8-12-49(13-9-28)35(53)33(25-26-23-30(40(42,43)44)34(45)31(41)24-26)59-39(57)51-14-10-29(11-15-51)52-16-7-27-5-3-4-6-32(27)46-38(52)56/h3-6,23-24,28-29,33H,7-22,25,45H2,1-2H3,(H,46,56)/t33-/m1/s1. The second-order valence-electron chi connectivity index (χ2n) is 15.7. The van der Waals surface area contributed by atoms with Gasteiger partial charge in [0.2, 0.25) is 0 Å². The van der Waals surface area contributed by atoms with Crippen LogP contribution in [0.25, 0.3) is 0 Å². The number of piperidine rings is 2. The molecule has 0 spiro atoms. The Labute approximate surface area is 346 Å². The number of nitrogens with two attached hydrogens (primary N) is 1. The molecular formula is C40H52ClF3N8O7. The van der Waals surface area contributed by atoms with Gasteiger partial charge in [-0.2, -0.15) is 13.2 Å². The minimum absolute atomic E-state index is 0.0263. The Morgan fingerprint density at radius 3 is 2.20 bits per heavy atom. The number of anilines is 2. The van der Waals surface area contributed by atoms with E-state index in [0.29, 0.717) is 84.5 Å². The van der Waals surface area contributed by atoms with Crippen molar-refractivity contribution < 1.29 is 46.6 Å². The van der Waals surface area contributed by atoms with Crippen molar-refractivity contribution >= 4 is 52.9 Å². The van der Waals surface area contributed by atoms with Gasteiger partial charge in [-0.25, -0.2) is 14.4 Å². The third-order valence-corrected chi connectivity index (χ3v) is 11.9. The number of piperazine rings is 1. The van der Waals surface area contributed by atoms with E-state index in [1.54, 1.807) is 9.80 Å². The molecule has 6 rings (SSSR count). The molecule has 0 radical (unpaired) electrons. The minimum Gasteiger partial charge on any atom is -0.457 e. The van der Waals surface area contributed by atoms with E-state index in [0.717, 1.165) is 17.3 Å². The average Bonchev–Trinajstić information content (AvgIpc) is 3.38. The second-order valence-corrected chi connectivity index (χ2v) is 16.1. The SMILES string of the molecule is CN(C)CCOC(=O)C(=O)N1CCN(C2CCN(C(=O)[C@@H](Cc3cc(Cl)c(N)c(C(F)(F)F)c3)OC(=O)N3CCC(N4CCc5ccccc5NC4=O)CC3)CC2)CC1. The second kappa shape index (κ2) is 19.1. The van der Waals surface area contributed by atoms with E-state index in [1.807, 2.05) is 43.3 Å². The number of carbonyl (C=O) groups excluding carboxylic acids is 5. The largest absolute Gasteiger partial charge is 0.457 e. The molecule has 15 nitrogen and oxygen atoms in total. The lowest BCUT2D eigenvalue weighted by atomic mass is 9.99. The van der Waals surface area contributed by atoms with E-state index in [2.05, 4.69) is 10.2 Å². The molecule has 3 N–H and O–H groups in total. The Morgan fingerprint density at radius 2 is 1.54 bits per heavy atom. The van der Waals surface area contributed by atoms with Gasteiger partial charge in [-0.05, 0) is 75.5 Å². The average molecular weight is 849 g/mol. The van der Waals surface area contributed by atoms with Crippen LogP contribution < -0.4 is 11.1 Å². The fourth-order valence-corrected chi connectivity index (χ4v) is 8.41. The van der Waals surface area contributed by atoms with E-state index in [-0.39, 0.29) is 54.8 Å². The highest BCUT2D eigenvalue weighted by molar-refractivity contribution is 6.33. The molecule has 0 aromatic heterocycles. The van der Waals surface area contributed by atoms with Crippen molar-refractivity contribution in [2.45, 2.75) is 62.9 Å². The molecule has 1 atom stereocenters. The minimum atomic E-state index is -4.81. The number of benzene rings is 2. The van der Waals surface area contributed by atoms with Crippen LogP contribution in [0.15, 0.2) is 36.4 Å². The number of likely N-dealkylation sites (tertiary alicyclic amines) is 2. The Balaban J connectivity index is 1.06. The number of rotatable bonds is 9. The first kappa shape index (κ1) is 43.8. The monoisotopic (exact) mass is 848 g/mol. The maximum Gasteiger partial charge on any atom is 0.418 e. The van der Waals surface area contributed by atoms with E-state index < -0.39 is 47.4 Å². The van der Waals surface area contributed by atoms with Crippen LogP contribution in [0.1, 0.15) is 42.4 Å². The first-order valence-corrected chi connectivity index (χ1v) is 20.4. The number of hydrogen-bond acceptors (Lipinski definition) is 10. The molecule has 0 unspecified atom stereocenters. The number of amides is 5. The molecule has 4 aliphatic heterocycles. The lowest BCUT2D eigenvalue weighted by Crippen LogP contribution is -2.56. The van der Waals surface area contributed by atoms with Crippen LogP contribution in [-0.4, -0.2) is 164 Å². The number of nitrogens with zero attached hydrogens (tertiary/aromatic N) is 6. The fourth-order valence-electron chi connectivity index (χ4n) is 8.17. The number of carbonyl (C=O) groups is 5. The molecule has 0 aliphatic carbocycles. The smallest absolute Gasteiger partial charge is 0.418 e. The van der Waals surface area contributed by atoms with Crippen molar-refractivity contribution in [2.24, 2.45) is 0 Å². The zero-order chi connectivity index (χ0) is 42.4. The van der Waals surface area contributed by atoms with Crippen LogP contribution in [0.4, 0.5) is 34.1 Å². The summed E-state index contributed by atoms with van der Waals surface area (Å²) in [7, 11) is 3.67. The van der Waals surface area contributed by atoms with E-state index in [4.69, 9.17) is 26.8 Å². The summed E-state index contributed by atoms with van der Waals surface area (Å²) < 4.78 is 52.7. The highest BCUT2D eigenvalue weighted by Gasteiger charge is 2.39. The Hall–Kier alpha value is -4.81. The van der Waals surface area contributed by atoms with Crippen LogP contribution in [0, 0.1) is 0 Å². The van der Waals surface area contributed by atoms with Gasteiger partial charge in [-0.1, -0.05) is 29.8 Å². The van der Waals surface area contributed by atoms with E-state index in [9.17, 15) is 37.1 Å². The fraction of sp³-hybridized carbons (Fsp3) is 0.575. The van der Waals surface area contributed by atoms with Crippen molar-refractivity contribution in [2.75, 3.05) is 97.2 Å². The van der Waals surface area contributed by atoms with Gasteiger partial charge in [-0.15, -0.1) is 0 Å². The zero-order valence-electron chi connectivity index (χ0n) is 33.3. The number of urea groups is 1. The summed E-state index contributed by atoms with van der Waals surface area (Å²) in [5, 5.41) is 2.64. The highest BCUT2D eigenvalue weighted by atomic mass is 35.5. The summed E-state index contributed by atoms with van der Waals surface area (Å²) in [6, 6.07) is 9.43. The third kappa shape index (κ3) is 10.9. The summed E-state index contributed by atoms with van der Waals surface area (Å²) in [4.78, 5) is 76.2. The number of ether oxygens (including phenoxy) is 2. The van der Waals surface area contributed by atoms with Crippen LogP contribution in [0.3, 0.4) is 0 Å². The maximum absolute atomic E-state index is 14.1. The summed E-state index contributed by atoms with van der Waals surface area (Å²) in [6.45, 7) is 3.98. The van der Waals surface area contributed by atoms with Gasteiger partial charge >= 0.3 is 30.2 Å². The van der Waals surface area contributed by atoms with Crippen molar-refractivity contribution in [3.63, 3.8) is 0 Å². The lowest BCUT2D eigenvalue weighted by Gasteiger charge is -2.43. The molecule has 4 aliphatic rings. The normalized spacial score (nSPS) is 19.2. The zero-order valence-corrected chi connectivity index (χ0v) is 34.1. The van der Waals surface area contributed by atoms with Gasteiger partial charge in [-0.3, -0.25) is 14.5 Å². The molecule has 3 fully saturated rings. The number of fused-ring (bicyclic) bond motifs is 1. The van der Waals surface area contributed by atoms with E-state index >= 15 is 0 Å². The number of alkyl halides is 3. The summed E-state index contributed by atoms with van der Waals surface area (Å²) in [5.74, 6) is -2.09. The molecule has 2 aromatic carbocycles. The summed E-state index contributed by atoms with van der Waals surface area (Å²) in [6.07, 6.45) is -4.66. The highest BCUT2D eigenvalue weighted by Crippen LogP contribution is 2.38. The summed E-state index contributed by atoms with van der Waals surface area (Å²) >= 11 is 6.13. The molecule has 0 saturated carbocycles. The number of para-hydroxylation sites is 1. The van der Waals surface area contributed by atoms with Crippen LogP contribution in [0.2, 0.25) is 5.02 Å². The van der Waals surface area contributed by atoms with Gasteiger partial charge in [0, 0.05) is 89.6 Å². The van der Waals surface area contributed by atoms with Gasteiger partial charge in [0.05, 0.1) is 16.3 Å². The van der Waals surface area contributed by atoms with Gasteiger partial charge in [0.25, 0.3) is 5.91 Å². The van der Waals surface area contributed by atoms with Crippen LogP contribution in [-0.2, 0) is 42.9 Å². The number of nitrogens with one attached hydrogen (secondary N) is 1. The topological polar surface area (TPSA) is 161 Å². The Bertz CT molecular complexity index is 1860. The van der Waals surface area contributed by atoms with Crippen molar-refractivity contribution in [1.82, 2.24) is 29.4 Å². The van der Waals surface area contributed by atoms with E-state index in [1.165, 1.54) is 15.9 Å². The van der Waals surface area contributed by atoms with Crippen LogP contribution in [0.5, 0.6) is 0 Å². The molecule has 3 saturated heterocycles. The Morgan fingerprint density at radius 1 is 0.898 bits per heavy atom. The van der Waals surface area contributed by atoms with Crippen molar-refractivity contribution in [3.8, 4) is 0 Å². The first-order valence-electron chi connectivity index (χ1n) is 20.0. The van der Waals surface area contributed by atoms with Crippen molar-refractivity contribution in [3.05, 3.63) is 58.1 Å². The third-order valence-electron chi connectivity index (χ3n) is 11.6. The molecule has 5 amide bonds. The predicted octanol–water partition coefficient (Wildman–Crippen LogP) is 3.78. The van der Waals surface area contributed by atoms with Gasteiger partial charge < -0.3 is 45.0 Å². The number of likely N-dealkylation sites (N-methyl/N-ethyl adjacent to an activating group) is 1. The van der Waals surface area contributed by atoms with Crippen LogP contribution >= 0.6 is 11.6 Å². The Kier molecular flexibility index (Phi) is 14.1. The first-order chi connectivity index (χ1) is 28.1. The maximum atomic E-state index is 14.1. The predicted molar refractivity (Wildman–Crippen MR) is 213 cm³/mol. The molecule has 59 heavy (non-hydrogen) atoms. The lowest BCUT2D eigenvalue weighted by molar-refractivity contribution is -0.161. The van der Waals surface area contributed by atoms with Gasteiger partial charge in [0.1, 0.15) is 6.61 Å². The van der Waals surface area contributed by atoms with Gasteiger partial charge in [0.15, 0.2) is 6.10 Å². The molecular weight excluding hydrogens is 797 g/mol. The molecule has 2 aromatic rings. The number of halogens is 4. The number of hydrogen-bond donors (Lipinski definition) is 2. The molecule has 322 valence electrons. The molecule has 0 bridgehead atoms. The van der Waals surface area contributed by atoms with Crippen molar-refractivity contribution in [1.29, 1.82) is 0 Å². The quantitative estimate of drug-likeness (QED) is 0.216. The number of esters is 1.